The third-order valence-corrected chi connectivity index (χ3v) is 3.70. The van der Waals surface area contributed by atoms with Crippen molar-refractivity contribution in [3.63, 3.8) is 0 Å². The van der Waals surface area contributed by atoms with E-state index in [1.807, 2.05) is 12.1 Å². The Balaban J connectivity index is 1.57. The Morgan fingerprint density at radius 2 is 2.04 bits per heavy atom. The zero-order chi connectivity index (χ0) is 17.2. The summed E-state index contributed by atoms with van der Waals surface area (Å²) in [4.78, 5) is 11.5. The second-order valence-corrected chi connectivity index (χ2v) is 6.36. The lowest BCUT2D eigenvalue weighted by atomic mass is 10.1. The number of carbonyl (C=O) groups is 1. The molecule has 4 nitrogen and oxygen atoms in total. The summed E-state index contributed by atoms with van der Waals surface area (Å²) in [5, 5.41) is 2.85. The van der Waals surface area contributed by atoms with Gasteiger partial charge in [-0.3, -0.25) is 4.79 Å². The van der Waals surface area contributed by atoms with Crippen LogP contribution in [0.4, 0.5) is 0 Å². The second kappa shape index (κ2) is 9.81. The topological polar surface area (TPSA) is 47.6 Å². The van der Waals surface area contributed by atoms with Crippen molar-refractivity contribution in [3.8, 4) is 11.5 Å². The number of fused-ring (bicyclic) bond motifs is 1. The molecule has 0 saturated carbocycles. The van der Waals surface area contributed by atoms with E-state index in [1.54, 1.807) is 12.2 Å². The molecule has 0 spiro atoms. The fraction of sp³-hybridized carbons (Fsp3) is 0.450. The molecular formula is C20H27NO3. The van der Waals surface area contributed by atoms with Gasteiger partial charge in [-0.2, -0.15) is 0 Å². The van der Waals surface area contributed by atoms with Crippen LogP contribution in [-0.4, -0.2) is 19.2 Å². The van der Waals surface area contributed by atoms with Crippen LogP contribution in [0.1, 0.15) is 38.7 Å². The largest absolute Gasteiger partial charge is 0.454 e. The highest BCUT2D eigenvalue weighted by atomic mass is 16.7. The van der Waals surface area contributed by atoms with Gasteiger partial charge in [-0.25, -0.2) is 0 Å². The minimum Gasteiger partial charge on any atom is -0.454 e. The SMILES string of the molecule is CC(C)CNC(=O)C=CC=CCCCCc1ccc2c(c1)OCO2. The van der Waals surface area contributed by atoms with Gasteiger partial charge >= 0.3 is 0 Å². The van der Waals surface area contributed by atoms with E-state index in [1.165, 1.54) is 5.56 Å². The molecule has 0 aromatic heterocycles. The first-order chi connectivity index (χ1) is 11.6. The second-order valence-electron chi connectivity index (χ2n) is 6.36. The average molecular weight is 329 g/mol. The Morgan fingerprint density at radius 3 is 2.88 bits per heavy atom. The van der Waals surface area contributed by atoms with Crippen molar-refractivity contribution in [2.24, 2.45) is 5.92 Å². The number of benzene rings is 1. The zero-order valence-electron chi connectivity index (χ0n) is 14.6. The van der Waals surface area contributed by atoms with E-state index in [2.05, 4.69) is 37.4 Å². The molecule has 1 heterocycles. The molecular weight excluding hydrogens is 302 g/mol. The van der Waals surface area contributed by atoms with Gasteiger partial charge < -0.3 is 14.8 Å². The number of allylic oxidation sites excluding steroid dienone is 3. The fourth-order valence-corrected chi connectivity index (χ4v) is 2.37. The molecule has 24 heavy (non-hydrogen) atoms. The van der Waals surface area contributed by atoms with E-state index in [-0.39, 0.29) is 5.91 Å². The third-order valence-electron chi connectivity index (χ3n) is 3.70. The van der Waals surface area contributed by atoms with Crippen LogP contribution in [0.15, 0.2) is 42.5 Å². The van der Waals surface area contributed by atoms with E-state index in [0.29, 0.717) is 19.3 Å². The van der Waals surface area contributed by atoms with Crippen LogP contribution in [-0.2, 0) is 11.2 Å². The van der Waals surface area contributed by atoms with Crippen molar-refractivity contribution in [2.75, 3.05) is 13.3 Å². The van der Waals surface area contributed by atoms with Crippen molar-refractivity contribution in [2.45, 2.75) is 39.5 Å². The average Bonchev–Trinajstić information content (AvgIpc) is 3.03. The van der Waals surface area contributed by atoms with Crippen molar-refractivity contribution in [3.05, 3.63) is 48.1 Å². The van der Waals surface area contributed by atoms with Crippen molar-refractivity contribution in [1.82, 2.24) is 5.32 Å². The third kappa shape index (κ3) is 6.49. The zero-order valence-corrected chi connectivity index (χ0v) is 14.6. The Morgan fingerprint density at radius 1 is 1.21 bits per heavy atom. The van der Waals surface area contributed by atoms with Gasteiger partial charge in [-0.1, -0.05) is 38.1 Å². The summed E-state index contributed by atoms with van der Waals surface area (Å²) in [6, 6.07) is 6.14. The van der Waals surface area contributed by atoms with Gasteiger partial charge in [0.25, 0.3) is 0 Å². The number of rotatable bonds is 9. The molecule has 0 unspecified atom stereocenters. The minimum absolute atomic E-state index is 0.0313. The molecule has 0 aliphatic carbocycles. The molecule has 0 radical (unpaired) electrons. The van der Waals surface area contributed by atoms with Crippen LogP contribution in [0.3, 0.4) is 0 Å². The van der Waals surface area contributed by atoms with Crippen LogP contribution >= 0.6 is 0 Å². The maximum Gasteiger partial charge on any atom is 0.243 e. The van der Waals surface area contributed by atoms with E-state index >= 15 is 0 Å². The lowest BCUT2D eigenvalue weighted by molar-refractivity contribution is -0.116. The van der Waals surface area contributed by atoms with Gasteiger partial charge in [0.2, 0.25) is 12.7 Å². The first-order valence-electron chi connectivity index (χ1n) is 8.64. The summed E-state index contributed by atoms with van der Waals surface area (Å²) in [5.74, 6) is 2.14. The molecule has 130 valence electrons. The summed E-state index contributed by atoms with van der Waals surface area (Å²) < 4.78 is 10.7. The Labute approximate surface area is 144 Å². The predicted octanol–water partition coefficient (Wildman–Crippen LogP) is 4.01. The fourth-order valence-electron chi connectivity index (χ4n) is 2.37. The van der Waals surface area contributed by atoms with E-state index in [0.717, 1.165) is 37.2 Å². The molecule has 1 N–H and O–H groups in total. The molecule has 1 amide bonds. The molecule has 0 bridgehead atoms. The highest BCUT2D eigenvalue weighted by Gasteiger charge is 2.12. The monoisotopic (exact) mass is 329 g/mol. The maximum absolute atomic E-state index is 11.5. The van der Waals surface area contributed by atoms with Crippen LogP contribution in [0.25, 0.3) is 0 Å². The van der Waals surface area contributed by atoms with Gasteiger partial charge in [-0.15, -0.1) is 0 Å². The molecule has 2 rings (SSSR count). The Bertz CT molecular complexity index is 591. The molecule has 0 atom stereocenters. The number of amides is 1. The number of aryl methyl sites for hydroxylation is 1. The highest BCUT2D eigenvalue weighted by molar-refractivity contribution is 5.87. The lowest BCUT2D eigenvalue weighted by Crippen LogP contribution is -2.25. The summed E-state index contributed by atoms with van der Waals surface area (Å²) in [6.45, 7) is 5.19. The standard InChI is InChI=1S/C20H27NO3/c1-16(2)14-21-20(22)10-8-6-4-3-5-7-9-17-11-12-18-19(13-17)24-15-23-18/h4,6,8,10-13,16H,3,5,7,9,14-15H2,1-2H3,(H,21,22). The molecule has 1 aliphatic heterocycles. The molecule has 0 saturated heterocycles. The highest BCUT2D eigenvalue weighted by Crippen LogP contribution is 2.32. The van der Waals surface area contributed by atoms with Crippen molar-refractivity contribution < 1.29 is 14.3 Å². The number of carbonyl (C=O) groups excluding carboxylic acids is 1. The van der Waals surface area contributed by atoms with Crippen LogP contribution in [0.2, 0.25) is 0 Å². The lowest BCUT2D eigenvalue weighted by Gasteiger charge is -2.03. The Hall–Kier alpha value is -2.23. The smallest absolute Gasteiger partial charge is 0.243 e. The molecule has 1 aliphatic rings. The van der Waals surface area contributed by atoms with Crippen LogP contribution in [0.5, 0.6) is 11.5 Å². The maximum atomic E-state index is 11.5. The summed E-state index contributed by atoms with van der Waals surface area (Å²) in [6.07, 6.45) is 11.7. The van der Waals surface area contributed by atoms with E-state index in [4.69, 9.17) is 9.47 Å². The number of hydrogen-bond acceptors (Lipinski definition) is 3. The summed E-state index contributed by atoms with van der Waals surface area (Å²) in [5.41, 5.74) is 1.28. The quantitative estimate of drug-likeness (QED) is 0.423. The number of ether oxygens (including phenoxy) is 2. The van der Waals surface area contributed by atoms with E-state index < -0.39 is 0 Å². The predicted molar refractivity (Wildman–Crippen MR) is 96.2 cm³/mol. The van der Waals surface area contributed by atoms with Crippen LogP contribution in [0, 0.1) is 5.92 Å². The summed E-state index contributed by atoms with van der Waals surface area (Å²) in [7, 11) is 0. The number of hydrogen-bond donors (Lipinski definition) is 1. The van der Waals surface area contributed by atoms with Crippen molar-refractivity contribution in [1.29, 1.82) is 0 Å². The Kier molecular flexibility index (Phi) is 7.40. The first-order valence-corrected chi connectivity index (χ1v) is 8.64. The summed E-state index contributed by atoms with van der Waals surface area (Å²) >= 11 is 0. The van der Waals surface area contributed by atoms with Gasteiger partial charge in [0, 0.05) is 12.6 Å². The minimum atomic E-state index is -0.0313. The molecule has 1 aromatic rings. The van der Waals surface area contributed by atoms with Gasteiger partial charge in [0.15, 0.2) is 11.5 Å². The van der Waals surface area contributed by atoms with Gasteiger partial charge in [-0.05, 0) is 49.3 Å². The number of nitrogens with one attached hydrogen (secondary N) is 1. The molecule has 4 heteroatoms. The van der Waals surface area contributed by atoms with Crippen LogP contribution < -0.4 is 14.8 Å². The normalized spacial score (nSPS) is 13.3. The molecule has 0 fully saturated rings. The number of unbranched alkanes of at least 4 members (excludes halogenated alkanes) is 2. The first kappa shape index (κ1) is 18.1. The van der Waals surface area contributed by atoms with Gasteiger partial charge in [0.05, 0.1) is 0 Å². The molecule has 1 aromatic carbocycles. The van der Waals surface area contributed by atoms with E-state index in [9.17, 15) is 4.79 Å². The van der Waals surface area contributed by atoms with Gasteiger partial charge in [0.1, 0.15) is 0 Å². The van der Waals surface area contributed by atoms with Crippen molar-refractivity contribution >= 4 is 5.91 Å².